The van der Waals surface area contributed by atoms with Crippen LogP contribution < -0.4 is 31.6 Å². The molecule has 13 heteroatoms. The standard InChI is InChI=1S/C36H33Cl2N7O4/c1-49-35-21(15-39-23-13-31(46)42-18-23)8-9-29(44-35)28-7-3-6-27(34(28)38)26-5-2-4-25(33(26)37)20-10-11-45-30(12-20)41-17-22(36(45)48)16-40-24-14-32(47)43-19-24/h2-12,17,23-24,39-40H,13-16,18-19H2,1H3,(H,42,46)(H,43,47). The number of methoxy groups -OCH3 is 1. The van der Waals surface area contributed by atoms with Gasteiger partial charge in [0.2, 0.25) is 17.7 Å². The molecule has 11 nitrogen and oxygen atoms in total. The van der Waals surface area contributed by atoms with Crippen LogP contribution in [0.5, 0.6) is 5.88 Å². The van der Waals surface area contributed by atoms with Gasteiger partial charge in [0, 0.05) is 91.3 Å². The molecule has 2 fully saturated rings. The Labute approximate surface area is 292 Å². The number of hydrogen-bond donors (Lipinski definition) is 4. The Morgan fingerprint density at radius 2 is 1.43 bits per heavy atom. The highest BCUT2D eigenvalue weighted by atomic mass is 35.5. The van der Waals surface area contributed by atoms with Gasteiger partial charge >= 0.3 is 0 Å². The molecule has 2 aromatic carbocycles. The number of benzene rings is 2. The first-order valence-electron chi connectivity index (χ1n) is 15.9. The van der Waals surface area contributed by atoms with Crippen LogP contribution in [-0.4, -0.2) is 58.5 Å². The van der Waals surface area contributed by atoms with E-state index < -0.39 is 0 Å². The Bertz CT molecular complexity index is 2150. The van der Waals surface area contributed by atoms with Crippen LogP contribution in [0.25, 0.3) is 39.2 Å². The average molecular weight is 699 g/mol. The summed E-state index contributed by atoms with van der Waals surface area (Å²) in [4.78, 5) is 45.6. The molecule has 2 amide bonds. The quantitative estimate of drug-likeness (QED) is 0.169. The monoisotopic (exact) mass is 697 g/mol. The van der Waals surface area contributed by atoms with Crippen LogP contribution in [0.2, 0.25) is 10.0 Å². The summed E-state index contributed by atoms with van der Waals surface area (Å²) < 4.78 is 7.13. The Balaban J connectivity index is 1.14. The fraction of sp³-hybridized carbons (Fsp3) is 0.250. The third-order valence-corrected chi connectivity index (χ3v) is 9.72. The third-order valence-electron chi connectivity index (χ3n) is 8.90. The molecular formula is C36H33Cl2N7O4. The van der Waals surface area contributed by atoms with E-state index in [4.69, 9.17) is 32.9 Å². The number of aromatic nitrogens is 3. The number of amides is 2. The highest BCUT2D eigenvalue weighted by Gasteiger charge is 2.23. The first-order chi connectivity index (χ1) is 23.8. The summed E-state index contributed by atoms with van der Waals surface area (Å²) in [6, 6.07) is 19.0. The molecule has 4 N–H and O–H groups in total. The number of hydrogen-bond acceptors (Lipinski definition) is 8. The van der Waals surface area contributed by atoms with E-state index in [1.807, 2.05) is 60.7 Å². The van der Waals surface area contributed by atoms with E-state index in [2.05, 4.69) is 26.3 Å². The molecular weight excluding hydrogens is 665 g/mol. The topological polar surface area (TPSA) is 139 Å². The first-order valence-corrected chi connectivity index (χ1v) is 16.7. The number of pyridine rings is 2. The molecule has 5 aromatic rings. The summed E-state index contributed by atoms with van der Waals surface area (Å²) in [6.07, 6.45) is 4.11. The fourth-order valence-electron chi connectivity index (χ4n) is 6.24. The number of nitrogens with one attached hydrogen (secondary N) is 4. The highest BCUT2D eigenvalue weighted by Crippen LogP contribution is 2.42. The number of rotatable bonds is 10. The maximum absolute atomic E-state index is 13.2. The van der Waals surface area contributed by atoms with Gasteiger partial charge < -0.3 is 26.0 Å². The molecule has 2 aliphatic heterocycles. The number of carbonyl (C=O) groups excluding carboxylic acids is 2. The molecule has 2 aliphatic rings. The zero-order valence-electron chi connectivity index (χ0n) is 26.6. The summed E-state index contributed by atoms with van der Waals surface area (Å²) in [5.41, 5.74) is 6.08. The zero-order valence-corrected chi connectivity index (χ0v) is 28.1. The maximum atomic E-state index is 13.2. The highest BCUT2D eigenvalue weighted by molar-refractivity contribution is 6.39. The molecule has 0 radical (unpaired) electrons. The van der Waals surface area contributed by atoms with Crippen molar-refractivity contribution < 1.29 is 14.3 Å². The molecule has 0 saturated carbocycles. The minimum absolute atomic E-state index is 0.00131. The predicted octanol–water partition coefficient (Wildman–Crippen LogP) is 4.36. The summed E-state index contributed by atoms with van der Waals surface area (Å²) in [7, 11) is 1.58. The Morgan fingerprint density at radius 1 is 0.816 bits per heavy atom. The summed E-state index contributed by atoms with van der Waals surface area (Å²) >= 11 is 14.1. The van der Waals surface area contributed by atoms with E-state index in [9.17, 15) is 14.4 Å². The Hall–Kier alpha value is -4.81. The van der Waals surface area contributed by atoms with Crippen LogP contribution in [0.3, 0.4) is 0 Å². The second-order valence-corrected chi connectivity index (χ2v) is 12.9. The molecule has 0 bridgehead atoms. The summed E-state index contributed by atoms with van der Waals surface area (Å²) in [5.74, 6) is 0.515. The third kappa shape index (κ3) is 6.75. The van der Waals surface area contributed by atoms with Gasteiger partial charge in [-0.1, -0.05) is 65.7 Å². The number of halogens is 2. The van der Waals surface area contributed by atoms with Gasteiger partial charge in [-0.3, -0.25) is 18.8 Å². The minimum atomic E-state index is -0.179. The van der Waals surface area contributed by atoms with Crippen LogP contribution in [0.4, 0.5) is 0 Å². The molecule has 250 valence electrons. The van der Waals surface area contributed by atoms with Gasteiger partial charge in [-0.05, 0) is 23.8 Å². The second kappa shape index (κ2) is 14.0. The molecule has 49 heavy (non-hydrogen) atoms. The molecule has 0 spiro atoms. The second-order valence-electron chi connectivity index (χ2n) is 12.1. The van der Waals surface area contributed by atoms with E-state index in [0.717, 1.165) is 33.4 Å². The molecule has 5 heterocycles. The van der Waals surface area contributed by atoms with Gasteiger partial charge in [0.25, 0.3) is 5.56 Å². The SMILES string of the molecule is COc1nc(-c2cccc(-c3cccc(-c4ccn5c(=O)c(CNC6CNC(=O)C6)cnc5c4)c3Cl)c2Cl)ccc1CNC1CNC(=O)C1. The van der Waals surface area contributed by atoms with Crippen molar-refractivity contribution >= 4 is 40.7 Å². The number of ether oxygens (including phenoxy) is 1. The van der Waals surface area contributed by atoms with Crippen molar-refractivity contribution in [1.82, 2.24) is 35.6 Å². The van der Waals surface area contributed by atoms with Crippen molar-refractivity contribution in [2.45, 2.75) is 38.0 Å². The fourth-order valence-corrected chi connectivity index (χ4v) is 6.90. The van der Waals surface area contributed by atoms with Crippen molar-refractivity contribution in [3.05, 3.63) is 105 Å². The van der Waals surface area contributed by atoms with Gasteiger partial charge in [-0.25, -0.2) is 9.97 Å². The van der Waals surface area contributed by atoms with Crippen molar-refractivity contribution in [1.29, 1.82) is 0 Å². The van der Waals surface area contributed by atoms with E-state index in [1.54, 1.807) is 19.5 Å². The lowest BCUT2D eigenvalue weighted by Gasteiger charge is -2.16. The van der Waals surface area contributed by atoms with E-state index in [0.29, 0.717) is 71.9 Å². The van der Waals surface area contributed by atoms with Gasteiger partial charge in [-0.2, -0.15) is 0 Å². The number of nitrogens with zero attached hydrogens (tertiary/aromatic N) is 3. The van der Waals surface area contributed by atoms with E-state index in [-0.39, 0.29) is 29.5 Å². The molecule has 2 unspecified atom stereocenters. The van der Waals surface area contributed by atoms with Crippen LogP contribution >= 0.6 is 23.2 Å². The number of fused-ring (bicyclic) bond motifs is 1. The number of carbonyl (C=O) groups is 2. The first kappa shape index (κ1) is 32.7. The van der Waals surface area contributed by atoms with Crippen molar-refractivity contribution in [3.63, 3.8) is 0 Å². The van der Waals surface area contributed by atoms with E-state index in [1.165, 1.54) is 4.40 Å². The van der Waals surface area contributed by atoms with Gasteiger partial charge in [-0.15, -0.1) is 0 Å². The summed E-state index contributed by atoms with van der Waals surface area (Å²) in [5, 5.41) is 13.2. The lowest BCUT2D eigenvalue weighted by molar-refractivity contribution is -0.120. The molecule has 2 saturated heterocycles. The van der Waals surface area contributed by atoms with Crippen LogP contribution in [0.15, 0.2) is 77.9 Å². The average Bonchev–Trinajstić information content (AvgIpc) is 3.74. The largest absolute Gasteiger partial charge is 0.481 e. The predicted molar refractivity (Wildman–Crippen MR) is 189 cm³/mol. The Kier molecular flexibility index (Phi) is 9.33. The van der Waals surface area contributed by atoms with Crippen LogP contribution in [0.1, 0.15) is 24.0 Å². The van der Waals surface area contributed by atoms with Gasteiger partial charge in [0.15, 0.2) is 0 Å². The van der Waals surface area contributed by atoms with Crippen LogP contribution in [0, 0.1) is 0 Å². The summed E-state index contributed by atoms with van der Waals surface area (Å²) in [6.45, 7) is 1.96. The van der Waals surface area contributed by atoms with Crippen molar-refractivity contribution in [3.8, 4) is 39.4 Å². The van der Waals surface area contributed by atoms with Gasteiger partial charge in [0.1, 0.15) is 5.65 Å². The smallest absolute Gasteiger partial charge is 0.262 e. The van der Waals surface area contributed by atoms with Gasteiger partial charge in [0.05, 0.1) is 28.4 Å². The van der Waals surface area contributed by atoms with Crippen LogP contribution in [-0.2, 0) is 22.7 Å². The van der Waals surface area contributed by atoms with Crippen molar-refractivity contribution in [2.75, 3.05) is 20.2 Å². The lowest BCUT2D eigenvalue weighted by Crippen LogP contribution is -2.33. The minimum Gasteiger partial charge on any atom is -0.481 e. The molecule has 2 atom stereocenters. The van der Waals surface area contributed by atoms with Crippen molar-refractivity contribution in [2.24, 2.45) is 0 Å². The maximum Gasteiger partial charge on any atom is 0.262 e. The molecule has 7 rings (SSSR count). The van der Waals surface area contributed by atoms with E-state index >= 15 is 0 Å². The normalized spacial score (nSPS) is 17.4. The molecule has 0 aliphatic carbocycles. The Morgan fingerprint density at radius 3 is 2.06 bits per heavy atom. The molecule has 3 aromatic heterocycles. The zero-order chi connectivity index (χ0) is 34.1. The lowest BCUT2D eigenvalue weighted by atomic mass is 9.97.